The van der Waals surface area contributed by atoms with Gasteiger partial charge in [-0.05, 0) is 12.5 Å². The average molecular weight is 320 g/mol. The Bertz CT molecular complexity index is 757. The number of urea groups is 1. The molecule has 1 N–H and O–H groups in total. The Balaban J connectivity index is 2.69. The van der Waals surface area contributed by atoms with Gasteiger partial charge in [0.25, 0.3) is 11.4 Å². The highest BCUT2D eigenvalue weighted by Gasteiger charge is 2.44. The molecule has 0 bridgehead atoms. The lowest BCUT2D eigenvalue weighted by Crippen LogP contribution is -2.50. The number of amides is 3. The van der Waals surface area contributed by atoms with Crippen molar-refractivity contribution in [3.8, 4) is 0 Å². The van der Waals surface area contributed by atoms with Gasteiger partial charge in [0.15, 0.2) is 6.04 Å². The van der Waals surface area contributed by atoms with Crippen molar-refractivity contribution in [3.63, 3.8) is 0 Å². The predicted molar refractivity (Wildman–Crippen MR) is 76.6 cm³/mol. The predicted octanol–water partition coefficient (Wildman–Crippen LogP) is 1.72. The number of nitrogens with one attached hydrogen (secondary N) is 1. The summed E-state index contributed by atoms with van der Waals surface area (Å²) in [5, 5.41) is 24.5. The highest BCUT2D eigenvalue weighted by Crippen LogP contribution is 2.35. The van der Waals surface area contributed by atoms with Gasteiger partial charge in [-0.3, -0.25) is 25.0 Å². The molecule has 1 heterocycles. The van der Waals surface area contributed by atoms with Gasteiger partial charge < -0.3 is 5.32 Å². The zero-order valence-electron chi connectivity index (χ0n) is 12.2. The van der Waals surface area contributed by atoms with Gasteiger partial charge in [-0.1, -0.05) is 12.1 Å². The Kier molecular flexibility index (Phi) is 4.08. The van der Waals surface area contributed by atoms with Gasteiger partial charge in [-0.25, -0.2) is 9.69 Å². The smallest absolute Gasteiger partial charge is 0.305 e. The first-order valence-electron chi connectivity index (χ1n) is 6.44. The lowest BCUT2D eigenvalue weighted by molar-refractivity contribution is -0.435. The van der Waals surface area contributed by atoms with Gasteiger partial charge in [0.2, 0.25) is 5.91 Å². The zero-order chi connectivity index (χ0) is 17.3. The number of non-ortho nitro benzene ring substituents is 1. The summed E-state index contributed by atoms with van der Waals surface area (Å²) in [4.78, 5) is 45.4. The Morgan fingerprint density at radius 2 is 1.91 bits per heavy atom. The molecular weight excluding hydrogens is 308 g/mol. The molecule has 1 unspecified atom stereocenters. The van der Waals surface area contributed by atoms with Crippen molar-refractivity contribution in [2.24, 2.45) is 0 Å². The van der Waals surface area contributed by atoms with E-state index in [0.29, 0.717) is 4.90 Å². The van der Waals surface area contributed by atoms with Crippen molar-refractivity contribution >= 4 is 17.6 Å². The number of carbonyl (C=O) groups excluding carboxylic acids is 2. The third-order valence-electron chi connectivity index (χ3n) is 3.35. The number of hydrogen-bond acceptors (Lipinski definition) is 6. The standard InChI is InChI=1S/C13H12N4O6/c1-7-11(17(22)23)12(15(8(2)18)13(19)14-7)9-4-3-5-10(6-9)16(20)21/h3-6,12H,1-2H3,(H,14,19). The molecule has 2 rings (SSSR count). The number of rotatable bonds is 3. The molecule has 0 spiro atoms. The molecule has 0 radical (unpaired) electrons. The largest absolute Gasteiger partial charge is 0.329 e. The van der Waals surface area contributed by atoms with E-state index in [1.165, 1.54) is 25.1 Å². The van der Waals surface area contributed by atoms with Crippen molar-refractivity contribution in [1.82, 2.24) is 10.2 Å². The lowest BCUT2D eigenvalue weighted by atomic mass is 9.98. The van der Waals surface area contributed by atoms with E-state index in [1.807, 2.05) is 0 Å². The van der Waals surface area contributed by atoms with E-state index >= 15 is 0 Å². The number of imide groups is 1. The van der Waals surface area contributed by atoms with Crippen LogP contribution in [-0.4, -0.2) is 26.7 Å². The van der Waals surface area contributed by atoms with Crippen LogP contribution in [0.15, 0.2) is 35.7 Å². The average Bonchev–Trinajstić information content (AvgIpc) is 2.45. The molecule has 10 heteroatoms. The SMILES string of the molecule is CC(=O)N1C(=O)NC(C)=C([N+](=O)[O-])C1c1cccc([N+](=O)[O-])c1. The summed E-state index contributed by atoms with van der Waals surface area (Å²) in [7, 11) is 0. The molecule has 23 heavy (non-hydrogen) atoms. The third kappa shape index (κ3) is 2.86. The van der Waals surface area contributed by atoms with Crippen molar-refractivity contribution in [2.75, 3.05) is 0 Å². The first-order valence-corrected chi connectivity index (χ1v) is 6.44. The van der Waals surface area contributed by atoms with Gasteiger partial charge >= 0.3 is 6.03 Å². The van der Waals surface area contributed by atoms with Crippen LogP contribution in [0.2, 0.25) is 0 Å². The van der Waals surface area contributed by atoms with E-state index in [9.17, 15) is 29.8 Å². The summed E-state index contributed by atoms with van der Waals surface area (Å²) in [5.74, 6) is -0.717. The molecule has 0 saturated heterocycles. The normalized spacial score (nSPS) is 17.7. The molecule has 1 aliphatic heterocycles. The summed E-state index contributed by atoms with van der Waals surface area (Å²) in [5.41, 5.74) is -0.623. The van der Waals surface area contributed by atoms with E-state index in [-0.39, 0.29) is 16.9 Å². The fraction of sp³-hybridized carbons (Fsp3) is 0.231. The second kappa shape index (κ2) is 5.83. The Hall–Kier alpha value is -3.30. The van der Waals surface area contributed by atoms with E-state index in [1.54, 1.807) is 0 Å². The van der Waals surface area contributed by atoms with Crippen molar-refractivity contribution in [3.05, 3.63) is 61.5 Å². The minimum absolute atomic E-state index is 0.0194. The van der Waals surface area contributed by atoms with Crippen molar-refractivity contribution in [1.29, 1.82) is 0 Å². The van der Waals surface area contributed by atoms with Crippen LogP contribution in [0.25, 0.3) is 0 Å². The molecule has 1 atom stereocenters. The highest BCUT2D eigenvalue weighted by atomic mass is 16.6. The van der Waals surface area contributed by atoms with Crippen LogP contribution in [0.4, 0.5) is 10.5 Å². The number of carbonyl (C=O) groups is 2. The zero-order valence-corrected chi connectivity index (χ0v) is 12.2. The van der Waals surface area contributed by atoms with Crippen LogP contribution in [0, 0.1) is 20.2 Å². The summed E-state index contributed by atoms with van der Waals surface area (Å²) in [6.45, 7) is 2.42. The van der Waals surface area contributed by atoms with Crippen LogP contribution >= 0.6 is 0 Å². The second-order valence-corrected chi connectivity index (χ2v) is 4.84. The summed E-state index contributed by atoms with van der Waals surface area (Å²) in [6, 6.07) is 2.89. The quantitative estimate of drug-likeness (QED) is 0.665. The number of allylic oxidation sites excluding steroid dienone is 1. The van der Waals surface area contributed by atoms with E-state index in [2.05, 4.69) is 5.32 Å². The molecule has 1 aliphatic rings. The summed E-state index contributed by atoms with van der Waals surface area (Å²) in [6.07, 6.45) is 0. The monoisotopic (exact) mass is 320 g/mol. The van der Waals surface area contributed by atoms with Gasteiger partial charge in [-0.2, -0.15) is 0 Å². The fourth-order valence-electron chi connectivity index (χ4n) is 2.41. The van der Waals surface area contributed by atoms with Gasteiger partial charge in [-0.15, -0.1) is 0 Å². The number of nitro benzene ring substituents is 1. The third-order valence-corrected chi connectivity index (χ3v) is 3.35. The maximum atomic E-state index is 12.0. The molecule has 3 amide bonds. The minimum atomic E-state index is -1.34. The second-order valence-electron chi connectivity index (χ2n) is 4.84. The Morgan fingerprint density at radius 1 is 1.26 bits per heavy atom. The highest BCUT2D eigenvalue weighted by molar-refractivity contribution is 5.95. The van der Waals surface area contributed by atoms with E-state index in [0.717, 1.165) is 13.0 Å². The molecule has 1 aromatic carbocycles. The Morgan fingerprint density at radius 3 is 2.43 bits per heavy atom. The fourth-order valence-corrected chi connectivity index (χ4v) is 2.41. The molecule has 120 valence electrons. The number of nitro groups is 2. The number of nitrogens with zero attached hydrogens (tertiary/aromatic N) is 3. The van der Waals surface area contributed by atoms with Gasteiger partial charge in [0.1, 0.15) is 0 Å². The maximum absolute atomic E-state index is 12.0. The lowest BCUT2D eigenvalue weighted by Gasteiger charge is -2.32. The first-order chi connectivity index (χ1) is 10.7. The minimum Gasteiger partial charge on any atom is -0.305 e. The molecule has 1 aromatic rings. The molecule has 0 aliphatic carbocycles. The molecule has 10 nitrogen and oxygen atoms in total. The van der Waals surface area contributed by atoms with Crippen molar-refractivity contribution in [2.45, 2.75) is 19.9 Å². The summed E-state index contributed by atoms with van der Waals surface area (Å²) >= 11 is 0. The Labute approximate surface area is 129 Å². The van der Waals surface area contributed by atoms with Crippen LogP contribution in [0.5, 0.6) is 0 Å². The van der Waals surface area contributed by atoms with Crippen LogP contribution in [0.1, 0.15) is 25.5 Å². The summed E-state index contributed by atoms with van der Waals surface area (Å²) < 4.78 is 0. The van der Waals surface area contributed by atoms with Gasteiger partial charge in [0.05, 0.1) is 15.5 Å². The number of benzene rings is 1. The maximum Gasteiger partial charge on any atom is 0.329 e. The molecule has 0 aromatic heterocycles. The van der Waals surface area contributed by atoms with Crippen LogP contribution < -0.4 is 5.32 Å². The van der Waals surface area contributed by atoms with Crippen LogP contribution in [0.3, 0.4) is 0 Å². The molecule has 0 fully saturated rings. The van der Waals surface area contributed by atoms with Gasteiger partial charge in [0, 0.05) is 19.1 Å². The van der Waals surface area contributed by atoms with Crippen molar-refractivity contribution < 1.29 is 19.4 Å². The number of hydrogen-bond donors (Lipinski definition) is 1. The molecule has 0 saturated carbocycles. The first kappa shape index (κ1) is 16.1. The van der Waals surface area contributed by atoms with E-state index < -0.39 is 33.5 Å². The topological polar surface area (TPSA) is 136 Å². The van der Waals surface area contributed by atoms with E-state index in [4.69, 9.17) is 0 Å². The molecular formula is C13H12N4O6. The van der Waals surface area contributed by atoms with Crippen LogP contribution in [-0.2, 0) is 4.79 Å².